The molecule has 1 aliphatic rings. The first-order chi connectivity index (χ1) is 15.5. The molecule has 0 radical (unpaired) electrons. The van der Waals surface area contributed by atoms with E-state index in [1.165, 1.54) is 7.11 Å². The van der Waals surface area contributed by atoms with Gasteiger partial charge in [-0.05, 0) is 43.4 Å². The molecule has 0 spiro atoms. The van der Waals surface area contributed by atoms with Crippen molar-refractivity contribution in [2.24, 2.45) is 0 Å². The van der Waals surface area contributed by atoms with E-state index in [4.69, 9.17) is 14.2 Å². The topological polar surface area (TPSA) is 92.4 Å². The normalized spacial score (nSPS) is 13.6. The Morgan fingerprint density at radius 3 is 2.25 bits per heavy atom. The molecule has 0 unspecified atom stereocenters. The quantitative estimate of drug-likeness (QED) is 0.614. The van der Waals surface area contributed by atoms with Crippen molar-refractivity contribution in [1.82, 2.24) is 4.90 Å². The van der Waals surface area contributed by atoms with Gasteiger partial charge in [-0.2, -0.15) is 0 Å². The lowest BCUT2D eigenvalue weighted by Gasteiger charge is -2.28. The van der Waals surface area contributed by atoms with Gasteiger partial charge in [-0.1, -0.05) is 0 Å². The lowest BCUT2D eigenvalue weighted by molar-refractivity contribution is -0.119. The first-order valence-electron chi connectivity index (χ1n) is 10.4. The molecule has 172 valence electrons. The third-order valence-electron chi connectivity index (χ3n) is 5.04. The number of morpholine rings is 1. The van der Waals surface area contributed by atoms with Crippen LogP contribution in [0.15, 0.2) is 42.5 Å². The van der Waals surface area contributed by atoms with Gasteiger partial charge in [0.15, 0.2) is 0 Å². The third-order valence-corrected chi connectivity index (χ3v) is 5.04. The minimum atomic E-state index is -0.262. The fourth-order valence-corrected chi connectivity index (χ4v) is 3.43. The van der Waals surface area contributed by atoms with E-state index < -0.39 is 0 Å². The maximum Gasteiger partial charge on any atom is 0.238 e. The average molecular weight is 443 g/mol. The molecule has 2 aromatic rings. The minimum absolute atomic E-state index is 0.0454. The van der Waals surface area contributed by atoms with E-state index in [-0.39, 0.29) is 24.9 Å². The van der Waals surface area contributed by atoms with Crippen molar-refractivity contribution in [3.8, 4) is 11.5 Å². The van der Waals surface area contributed by atoms with Gasteiger partial charge in [-0.3, -0.25) is 14.5 Å². The van der Waals surface area contributed by atoms with Crippen LogP contribution >= 0.6 is 0 Å². The zero-order valence-corrected chi connectivity index (χ0v) is 18.7. The summed E-state index contributed by atoms with van der Waals surface area (Å²) in [6, 6.07) is 12.9. The van der Waals surface area contributed by atoms with Crippen LogP contribution in [-0.4, -0.2) is 77.4 Å². The molecule has 0 saturated carbocycles. The van der Waals surface area contributed by atoms with Gasteiger partial charge in [0.05, 0.1) is 46.2 Å². The van der Waals surface area contributed by atoms with E-state index in [1.54, 1.807) is 37.3 Å². The number of nitrogens with zero attached hydrogens (tertiary/aromatic N) is 2. The second kappa shape index (κ2) is 11.4. The molecule has 3 rings (SSSR count). The number of amides is 2. The summed E-state index contributed by atoms with van der Waals surface area (Å²) in [6.45, 7) is 3.30. The molecule has 32 heavy (non-hydrogen) atoms. The second-order valence-electron chi connectivity index (χ2n) is 7.48. The number of carbonyl (C=O) groups excluding carboxylic acids is 2. The highest BCUT2D eigenvalue weighted by Gasteiger charge is 2.15. The molecule has 2 amide bonds. The van der Waals surface area contributed by atoms with Crippen LogP contribution in [0, 0.1) is 0 Å². The van der Waals surface area contributed by atoms with Gasteiger partial charge in [-0.25, -0.2) is 0 Å². The van der Waals surface area contributed by atoms with Gasteiger partial charge in [0.1, 0.15) is 11.5 Å². The van der Waals surface area contributed by atoms with Gasteiger partial charge >= 0.3 is 0 Å². The van der Waals surface area contributed by atoms with Crippen LogP contribution in [-0.2, 0) is 14.3 Å². The number of methoxy groups -OCH3 is 2. The number of benzene rings is 2. The van der Waals surface area contributed by atoms with E-state index in [0.717, 1.165) is 32.0 Å². The van der Waals surface area contributed by atoms with Crippen molar-refractivity contribution >= 4 is 28.9 Å². The van der Waals surface area contributed by atoms with Crippen LogP contribution in [0.4, 0.5) is 17.1 Å². The molecule has 2 N–H and O–H groups in total. The molecule has 0 bridgehead atoms. The summed E-state index contributed by atoms with van der Waals surface area (Å²) in [7, 11) is 4.79. The number of rotatable bonds is 9. The zero-order valence-electron chi connectivity index (χ0n) is 18.7. The number of likely N-dealkylation sites (N-methyl/N-ethyl adjacent to an activating group) is 1. The van der Waals surface area contributed by atoms with Crippen molar-refractivity contribution in [1.29, 1.82) is 0 Å². The zero-order chi connectivity index (χ0) is 22.9. The maximum absolute atomic E-state index is 12.4. The molecule has 0 atom stereocenters. The highest BCUT2D eigenvalue weighted by atomic mass is 16.5. The van der Waals surface area contributed by atoms with Crippen LogP contribution in [0.2, 0.25) is 0 Å². The van der Waals surface area contributed by atoms with Crippen molar-refractivity contribution < 1.29 is 23.8 Å². The summed E-state index contributed by atoms with van der Waals surface area (Å²) in [5.74, 6) is 0.675. The first-order valence-corrected chi connectivity index (χ1v) is 10.4. The van der Waals surface area contributed by atoms with Crippen LogP contribution in [0.3, 0.4) is 0 Å². The molecule has 1 heterocycles. The summed E-state index contributed by atoms with van der Waals surface area (Å²) in [5.41, 5.74) is 2.33. The highest BCUT2D eigenvalue weighted by molar-refractivity contribution is 5.95. The summed E-state index contributed by atoms with van der Waals surface area (Å²) >= 11 is 0. The van der Waals surface area contributed by atoms with Crippen molar-refractivity contribution in [2.75, 3.05) is 76.2 Å². The summed E-state index contributed by atoms with van der Waals surface area (Å²) in [6.07, 6.45) is 0. The van der Waals surface area contributed by atoms with E-state index >= 15 is 0 Å². The van der Waals surface area contributed by atoms with Crippen LogP contribution in [0.25, 0.3) is 0 Å². The Morgan fingerprint density at radius 1 is 0.969 bits per heavy atom. The van der Waals surface area contributed by atoms with Crippen LogP contribution in [0.5, 0.6) is 11.5 Å². The van der Waals surface area contributed by atoms with Gasteiger partial charge in [-0.15, -0.1) is 0 Å². The number of ether oxygens (including phenoxy) is 3. The molecule has 1 saturated heterocycles. The minimum Gasteiger partial charge on any atom is -0.497 e. The number of nitrogens with one attached hydrogen (secondary N) is 2. The largest absolute Gasteiger partial charge is 0.497 e. The predicted octanol–water partition coefficient (Wildman–Crippen LogP) is 2.05. The third kappa shape index (κ3) is 6.60. The maximum atomic E-state index is 12.4. The Bertz CT molecular complexity index is 913. The molecule has 0 aromatic heterocycles. The summed E-state index contributed by atoms with van der Waals surface area (Å²) in [5, 5.41) is 5.66. The van der Waals surface area contributed by atoms with Crippen molar-refractivity contribution in [3.05, 3.63) is 42.5 Å². The molecular formula is C23H30N4O5. The number of hydrogen-bond acceptors (Lipinski definition) is 7. The van der Waals surface area contributed by atoms with Gasteiger partial charge < -0.3 is 29.7 Å². The average Bonchev–Trinajstić information content (AvgIpc) is 2.79. The van der Waals surface area contributed by atoms with Crippen molar-refractivity contribution in [3.63, 3.8) is 0 Å². The van der Waals surface area contributed by atoms with Crippen molar-refractivity contribution in [2.45, 2.75) is 0 Å². The number of hydrogen-bond donors (Lipinski definition) is 2. The highest BCUT2D eigenvalue weighted by Crippen LogP contribution is 2.28. The second-order valence-corrected chi connectivity index (χ2v) is 7.48. The Hall–Kier alpha value is -3.30. The summed E-state index contributed by atoms with van der Waals surface area (Å²) < 4.78 is 15.8. The molecule has 9 heteroatoms. The lowest BCUT2D eigenvalue weighted by atomic mass is 10.2. The molecule has 1 aliphatic heterocycles. The number of carbonyl (C=O) groups is 2. The smallest absolute Gasteiger partial charge is 0.238 e. The molecule has 1 fully saturated rings. The van der Waals surface area contributed by atoms with E-state index in [2.05, 4.69) is 15.5 Å². The monoisotopic (exact) mass is 442 g/mol. The standard InChI is InChI=1S/C23H30N4O5/c1-26(16-23(29)25-20-14-19(30-2)8-9-21(20)31-3)15-22(28)24-17-4-6-18(7-5-17)27-10-12-32-13-11-27/h4-9,14H,10-13,15-16H2,1-3H3,(H,24,28)(H,25,29). The Morgan fingerprint density at radius 2 is 1.62 bits per heavy atom. The van der Waals surface area contributed by atoms with Gasteiger partial charge in [0.25, 0.3) is 0 Å². The predicted molar refractivity (Wildman–Crippen MR) is 124 cm³/mol. The fourth-order valence-electron chi connectivity index (χ4n) is 3.43. The Kier molecular flexibility index (Phi) is 8.29. The first kappa shape index (κ1) is 23.4. The van der Waals surface area contributed by atoms with Crippen LogP contribution < -0.4 is 25.0 Å². The summed E-state index contributed by atoms with van der Waals surface area (Å²) in [4.78, 5) is 28.7. The lowest BCUT2D eigenvalue weighted by Crippen LogP contribution is -2.36. The van der Waals surface area contributed by atoms with Gasteiger partial charge in [0.2, 0.25) is 11.8 Å². The van der Waals surface area contributed by atoms with E-state index in [0.29, 0.717) is 22.9 Å². The number of anilines is 3. The van der Waals surface area contributed by atoms with Crippen LogP contribution in [0.1, 0.15) is 0 Å². The molecule has 0 aliphatic carbocycles. The van der Waals surface area contributed by atoms with E-state index in [9.17, 15) is 9.59 Å². The Labute approximate surface area is 188 Å². The van der Waals surface area contributed by atoms with E-state index in [1.807, 2.05) is 24.3 Å². The Balaban J connectivity index is 1.47. The SMILES string of the molecule is COc1ccc(OC)c(NC(=O)CN(C)CC(=O)Nc2ccc(N3CCOCC3)cc2)c1. The molecule has 9 nitrogen and oxygen atoms in total. The molecule has 2 aromatic carbocycles. The van der Waals surface area contributed by atoms with Gasteiger partial charge in [0, 0.05) is 30.5 Å². The fraction of sp³-hybridized carbons (Fsp3) is 0.391. The molecular weight excluding hydrogens is 412 g/mol.